The number of nitrogens with two attached hydrogens (primary N) is 1. The molecule has 0 heterocycles. The van der Waals surface area contributed by atoms with Crippen molar-refractivity contribution in [3.8, 4) is 11.1 Å². The summed E-state index contributed by atoms with van der Waals surface area (Å²) in [7, 11) is 0. The molecule has 0 aliphatic heterocycles. The molecule has 3 N–H and O–H groups in total. The van der Waals surface area contributed by atoms with Crippen LogP contribution in [0.1, 0.15) is 11.1 Å². The lowest BCUT2D eigenvalue weighted by molar-refractivity contribution is 0.516. The van der Waals surface area contributed by atoms with Gasteiger partial charge in [0.2, 0.25) is 0 Å². The standard InChI is InChI=1S/C26H26N2/c27-18-26(17-21-12-15-23-8-4-5-9-25(23)16-21)28-19-20-10-13-24(14-11-20)22-6-2-1-3-7-22/h1-16,26,28H,17-19,27H2. The molecule has 0 saturated heterocycles. The minimum absolute atomic E-state index is 0.259. The van der Waals surface area contributed by atoms with Gasteiger partial charge in [-0.2, -0.15) is 0 Å². The molecule has 0 bridgehead atoms. The van der Waals surface area contributed by atoms with Crippen molar-refractivity contribution in [1.82, 2.24) is 5.32 Å². The Kier molecular flexibility index (Phi) is 5.81. The molecule has 0 aliphatic rings. The largest absolute Gasteiger partial charge is 0.329 e. The van der Waals surface area contributed by atoms with Crippen molar-refractivity contribution in [3.63, 3.8) is 0 Å². The van der Waals surface area contributed by atoms with Crippen LogP contribution in [0.2, 0.25) is 0 Å². The molecule has 0 aliphatic carbocycles. The van der Waals surface area contributed by atoms with E-state index in [-0.39, 0.29) is 6.04 Å². The van der Waals surface area contributed by atoms with Gasteiger partial charge in [0.25, 0.3) is 0 Å². The lowest BCUT2D eigenvalue weighted by Gasteiger charge is -2.17. The molecule has 140 valence electrons. The van der Waals surface area contributed by atoms with E-state index in [0.717, 1.165) is 13.0 Å². The zero-order valence-corrected chi connectivity index (χ0v) is 16.0. The fourth-order valence-corrected chi connectivity index (χ4v) is 3.60. The monoisotopic (exact) mass is 366 g/mol. The molecular weight excluding hydrogens is 340 g/mol. The second kappa shape index (κ2) is 8.83. The number of hydrogen-bond donors (Lipinski definition) is 2. The van der Waals surface area contributed by atoms with E-state index in [4.69, 9.17) is 5.73 Å². The Morgan fingerprint density at radius 3 is 2.04 bits per heavy atom. The van der Waals surface area contributed by atoms with Gasteiger partial charge in [0, 0.05) is 19.1 Å². The number of benzene rings is 4. The van der Waals surface area contributed by atoms with Crippen LogP contribution in [0.4, 0.5) is 0 Å². The van der Waals surface area contributed by atoms with Crippen LogP contribution >= 0.6 is 0 Å². The average molecular weight is 367 g/mol. The molecule has 0 fully saturated rings. The molecule has 0 saturated carbocycles. The van der Waals surface area contributed by atoms with Crippen LogP contribution in [0.25, 0.3) is 21.9 Å². The van der Waals surface area contributed by atoms with Gasteiger partial charge in [0.05, 0.1) is 0 Å². The quantitative estimate of drug-likeness (QED) is 0.474. The highest BCUT2D eigenvalue weighted by atomic mass is 14.9. The van der Waals surface area contributed by atoms with Crippen LogP contribution in [-0.2, 0) is 13.0 Å². The van der Waals surface area contributed by atoms with E-state index in [1.165, 1.54) is 33.0 Å². The fraction of sp³-hybridized carbons (Fsp3) is 0.154. The number of nitrogens with one attached hydrogen (secondary N) is 1. The first-order valence-electron chi connectivity index (χ1n) is 9.87. The predicted molar refractivity (Wildman–Crippen MR) is 119 cm³/mol. The summed E-state index contributed by atoms with van der Waals surface area (Å²) in [6.07, 6.45) is 0.934. The molecule has 0 spiro atoms. The first kappa shape index (κ1) is 18.4. The molecule has 0 radical (unpaired) electrons. The summed E-state index contributed by atoms with van der Waals surface area (Å²) in [4.78, 5) is 0. The van der Waals surface area contributed by atoms with Crippen molar-refractivity contribution in [3.05, 3.63) is 108 Å². The normalized spacial score (nSPS) is 12.2. The van der Waals surface area contributed by atoms with Gasteiger partial charge in [-0.25, -0.2) is 0 Å². The zero-order chi connectivity index (χ0) is 19.2. The topological polar surface area (TPSA) is 38.0 Å². The summed E-state index contributed by atoms with van der Waals surface area (Å²) in [5.41, 5.74) is 11.1. The summed E-state index contributed by atoms with van der Waals surface area (Å²) >= 11 is 0. The number of fused-ring (bicyclic) bond motifs is 1. The molecule has 4 rings (SSSR count). The molecule has 4 aromatic rings. The van der Waals surface area contributed by atoms with E-state index >= 15 is 0 Å². The van der Waals surface area contributed by atoms with Gasteiger partial charge < -0.3 is 11.1 Å². The van der Waals surface area contributed by atoms with E-state index in [9.17, 15) is 0 Å². The van der Waals surface area contributed by atoms with Crippen LogP contribution in [0.15, 0.2) is 97.1 Å². The molecule has 28 heavy (non-hydrogen) atoms. The average Bonchev–Trinajstić information content (AvgIpc) is 2.77. The van der Waals surface area contributed by atoms with Crippen LogP contribution in [-0.4, -0.2) is 12.6 Å². The third kappa shape index (κ3) is 4.48. The Hall–Kier alpha value is -2.94. The van der Waals surface area contributed by atoms with E-state index < -0.39 is 0 Å². The lowest BCUT2D eigenvalue weighted by atomic mass is 10.0. The Morgan fingerprint density at radius 2 is 1.29 bits per heavy atom. The number of rotatable bonds is 7. The second-order valence-electron chi connectivity index (χ2n) is 7.26. The molecule has 2 heteroatoms. The minimum atomic E-state index is 0.259. The third-order valence-electron chi connectivity index (χ3n) is 5.24. The van der Waals surface area contributed by atoms with E-state index in [0.29, 0.717) is 6.54 Å². The first-order chi connectivity index (χ1) is 13.8. The van der Waals surface area contributed by atoms with Crippen molar-refractivity contribution in [2.45, 2.75) is 19.0 Å². The highest BCUT2D eigenvalue weighted by Gasteiger charge is 2.08. The lowest BCUT2D eigenvalue weighted by Crippen LogP contribution is -2.37. The maximum absolute atomic E-state index is 6.04. The summed E-state index contributed by atoms with van der Waals surface area (Å²) in [5.74, 6) is 0. The minimum Gasteiger partial charge on any atom is -0.329 e. The second-order valence-corrected chi connectivity index (χ2v) is 7.26. The maximum atomic E-state index is 6.04. The zero-order valence-electron chi connectivity index (χ0n) is 16.0. The van der Waals surface area contributed by atoms with Crippen LogP contribution in [0, 0.1) is 0 Å². The fourth-order valence-electron chi connectivity index (χ4n) is 3.60. The van der Waals surface area contributed by atoms with Crippen molar-refractivity contribution >= 4 is 10.8 Å². The van der Waals surface area contributed by atoms with Crippen molar-refractivity contribution in [2.75, 3.05) is 6.54 Å². The molecule has 1 unspecified atom stereocenters. The maximum Gasteiger partial charge on any atom is 0.0233 e. The van der Waals surface area contributed by atoms with Crippen LogP contribution < -0.4 is 11.1 Å². The van der Waals surface area contributed by atoms with Gasteiger partial charge in [-0.15, -0.1) is 0 Å². The molecule has 0 aromatic heterocycles. The third-order valence-corrected chi connectivity index (χ3v) is 5.24. The Bertz CT molecular complexity index is 1020. The Labute approximate surface area is 167 Å². The van der Waals surface area contributed by atoms with Gasteiger partial charge in [0.15, 0.2) is 0 Å². The Balaban J connectivity index is 1.38. The van der Waals surface area contributed by atoms with Gasteiger partial charge in [0.1, 0.15) is 0 Å². The van der Waals surface area contributed by atoms with Crippen molar-refractivity contribution < 1.29 is 0 Å². The summed E-state index contributed by atoms with van der Waals surface area (Å²) in [6.45, 7) is 1.44. The number of hydrogen-bond acceptors (Lipinski definition) is 2. The molecular formula is C26H26N2. The predicted octanol–water partition coefficient (Wildman–Crippen LogP) is 5.17. The van der Waals surface area contributed by atoms with Gasteiger partial charge in [-0.1, -0.05) is 97.1 Å². The Morgan fingerprint density at radius 1 is 0.643 bits per heavy atom. The summed E-state index contributed by atoms with van der Waals surface area (Å²) in [5, 5.41) is 6.18. The van der Waals surface area contributed by atoms with Gasteiger partial charge in [-0.05, 0) is 39.4 Å². The van der Waals surface area contributed by atoms with Crippen molar-refractivity contribution in [1.29, 1.82) is 0 Å². The van der Waals surface area contributed by atoms with Crippen LogP contribution in [0.5, 0.6) is 0 Å². The summed E-state index contributed by atoms with van der Waals surface area (Å²) in [6, 6.07) is 34.7. The molecule has 0 amide bonds. The van der Waals surface area contributed by atoms with Gasteiger partial charge in [-0.3, -0.25) is 0 Å². The van der Waals surface area contributed by atoms with E-state index in [2.05, 4.69) is 96.3 Å². The van der Waals surface area contributed by atoms with Crippen LogP contribution in [0.3, 0.4) is 0 Å². The van der Waals surface area contributed by atoms with E-state index in [1.54, 1.807) is 0 Å². The smallest absolute Gasteiger partial charge is 0.0233 e. The highest BCUT2D eigenvalue weighted by molar-refractivity contribution is 5.83. The van der Waals surface area contributed by atoms with E-state index in [1.807, 2.05) is 6.07 Å². The molecule has 1 atom stereocenters. The summed E-state index contributed by atoms with van der Waals surface area (Å²) < 4.78 is 0. The molecule has 2 nitrogen and oxygen atoms in total. The van der Waals surface area contributed by atoms with Crippen molar-refractivity contribution in [2.24, 2.45) is 5.73 Å². The molecule has 4 aromatic carbocycles. The highest BCUT2D eigenvalue weighted by Crippen LogP contribution is 2.20. The SMILES string of the molecule is NCC(Cc1ccc2ccccc2c1)NCc1ccc(-c2ccccc2)cc1. The first-order valence-corrected chi connectivity index (χ1v) is 9.87. The van der Waals surface area contributed by atoms with Gasteiger partial charge >= 0.3 is 0 Å².